The summed E-state index contributed by atoms with van der Waals surface area (Å²) in [5, 5.41) is 0. The molecule has 12 heteroatoms. The largest absolute Gasteiger partial charge is 0.573 e. The highest BCUT2D eigenvalue weighted by Gasteiger charge is 2.33. The van der Waals surface area contributed by atoms with Gasteiger partial charge >= 0.3 is 6.36 Å². The molecule has 0 amide bonds. The number of pyridine rings is 3. The number of nitrogens with zero attached hydrogens (tertiary/aromatic N) is 4. The van der Waals surface area contributed by atoms with Gasteiger partial charge in [0.15, 0.2) is 5.82 Å². The average molecular weight is 473 g/mol. The summed E-state index contributed by atoms with van der Waals surface area (Å²) in [6.07, 6.45) is -1.79. The lowest BCUT2D eigenvalue weighted by molar-refractivity contribution is -0.274. The molecular formula is C21H14F3N5O3S. The van der Waals surface area contributed by atoms with Crippen molar-refractivity contribution in [1.82, 2.24) is 19.4 Å². The molecule has 0 radical (unpaired) electrons. The zero-order chi connectivity index (χ0) is 23.4. The first-order valence-electron chi connectivity index (χ1n) is 9.50. The van der Waals surface area contributed by atoms with Crippen LogP contribution in [0.2, 0.25) is 0 Å². The number of hydrazine groups is 1. The van der Waals surface area contributed by atoms with Crippen molar-refractivity contribution >= 4 is 26.9 Å². The van der Waals surface area contributed by atoms with Crippen LogP contribution in [0.1, 0.15) is 0 Å². The van der Waals surface area contributed by atoms with Gasteiger partial charge in [0.25, 0.3) is 10.0 Å². The number of benzene rings is 1. The molecule has 0 fully saturated rings. The molecule has 1 aliphatic heterocycles. The minimum atomic E-state index is -4.81. The van der Waals surface area contributed by atoms with Gasteiger partial charge in [0.1, 0.15) is 10.6 Å². The van der Waals surface area contributed by atoms with E-state index in [9.17, 15) is 21.6 Å². The second-order valence-electron chi connectivity index (χ2n) is 7.15. The van der Waals surface area contributed by atoms with Crippen molar-refractivity contribution in [3.8, 4) is 28.1 Å². The average Bonchev–Trinajstić information content (AvgIpc) is 3.00. The first-order chi connectivity index (χ1) is 15.6. The second-order valence-corrected chi connectivity index (χ2v) is 9.09. The fourth-order valence-electron chi connectivity index (χ4n) is 3.50. The number of rotatable bonds is 3. The predicted octanol–water partition coefficient (Wildman–Crippen LogP) is 4.22. The zero-order valence-electron chi connectivity index (χ0n) is 16.8. The van der Waals surface area contributed by atoms with Gasteiger partial charge < -0.3 is 4.74 Å². The number of hydrogen-bond donors (Lipinski definition) is 1. The fourth-order valence-corrected chi connectivity index (χ4v) is 4.62. The van der Waals surface area contributed by atoms with Gasteiger partial charge in [0.2, 0.25) is 0 Å². The van der Waals surface area contributed by atoms with Crippen LogP contribution in [0.15, 0.2) is 65.8 Å². The molecule has 0 atom stereocenters. The molecule has 1 aromatic carbocycles. The van der Waals surface area contributed by atoms with Crippen LogP contribution in [-0.2, 0) is 10.0 Å². The van der Waals surface area contributed by atoms with Gasteiger partial charge in [-0.05, 0) is 42.0 Å². The Hall–Kier alpha value is -3.77. The Morgan fingerprint density at radius 3 is 2.64 bits per heavy atom. The molecule has 0 spiro atoms. The molecule has 4 heterocycles. The maximum atomic E-state index is 12.6. The summed E-state index contributed by atoms with van der Waals surface area (Å²) in [7, 11) is -2.34. The maximum Gasteiger partial charge on any atom is 0.573 e. The van der Waals surface area contributed by atoms with Gasteiger partial charge in [-0.15, -0.1) is 17.6 Å². The van der Waals surface area contributed by atoms with Gasteiger partial charge in [-0.2, -0.15) is 0 Å². The number of ether oxygens (including phenoxy) is 1. The van der Waals surface area contributed by atoms with Gasteiger partial charge in [-0.1, -0.05) is 12.1 Å². The monoisotopic (exact) mass is 473 g/mol. The SMILES string of the molecule is CN1Nc2ncc(-c3ccc4nccc(-c5cccc(OC(F)(F)F)c5)c4n3)cc2S1(=O)=O. The summed E-state index contributed by atoms with van der Waals surface area (Å²) in [4.78, 5) is 13.1. The van der Waals surface area contributed by atoms with E-state index in [0.29, 0.717) is 33.4 Å². The Kier molecular flexibility index (Phi) is 4.72. The minimum Gasteiger partial charge on any atom is -0.406 e. The molecule has 3 aromatic heterocycles. The quantitative estimate of drug-likeness (QED) is 0.476. The smallest absolute Gasteiger partial charge is 0.406 e. The summed E-state index contributed by atoms with van der Waals surface area (Å²) in [6.45, 7) is 0. The molecule has 0 saturated heterocycles. The Balaban J connectivity index is 1.62. The first kappa shape index (κ1) is 21.1. The second kappa shape index (κ2) is 7.39. The van der Waals surface area contributed by atoms with E-state index in [4.69, 9.17) is 0 Å². The fraction of sp³-hybridized carbons (Fsp3) is 0.0952. The summed E-state index contributed by atoms with van der Waals surface area (Å²) in [5.74, 6) is -0.142. The Morgan fingerprint density at radius 1 is 1.03 bits per heavy atom. The van der Waals surface area contributed by atoms with Crippen molar-refractivity contribution in [1.29, 1.82) is 0 Å². The zero-order valence-corrected chi connectivity index (χ0v) is 17.6. The molecule has 1 aliphatic rings. The van der Waals surface area contributed by atoms with E-state index in [1.54, 1.807) is 24.3 Å². The Morgan fingerprint density at radius 2 is 1.85 bits per heavy atom. The normalized spacial score (nSPS) is 15.3. The summed E-state index contributed by atoms with van der Waals surface area (Å²) in [5.41, 5.74) is 5.48. The maximum absolute atomic E-state index is 12.6. The van der Waals surface area contributed by atoms with Gasteiger partial charge in [0, 0.05) is 30.6 Å². The Labute approximate surface area is 185 Å². The van der Waals surface area contributed by atoms with Crippen molar-refractivity contribution in [2.45, 2.75) is 11.3 Å². The molecule has 0 bridgehead atoms. The van der Waals surface area contributed by atoms with Crippen molar-refractivity contribution in [2.75, 3.05) is 12.5 Å². The molecule has 0 aliphatic carbocycles. The molecule has 4 aromatic rings. The van der Waals surface area contributed by atoms with Gasteiger partial charge in [0.05, 0.1) is 16.7 Å². The standard InChI is InChI=1S/C21H14F3N5O3S/c1-29-28-20-18(33(29,30)31)10-13(11-26-20)16-5-6-17-19(27-16)15(7-8-25-17)12-3-2-4-14(9-12)32-21(22,23)24/h2-11H,1H3,(H,26,28). The third-order valence-corrected chi connectivity index (χ3v) is 6.69. The van der Waals surface area contributed by atoms with Crippen LogP contribution in [0.5, 0.6) is 5.75 Å². The number of aromatic nitrogens is 3. The van der Waals surface area contributed by atoms with E-state index in [2.05, 4.69) is 25.1 Å². The molecule has 168 valence electrons. The van der Waals surface area contributed by atoms with E-state index in [1.165, 1.54) is 43.7 Å². The number of hydrogen-bond acceptors (Lipinski definition) is 7. The van der Waals surface area contributed by atoms with Crippen LogP contribution >= 0.6 is 0 Å². The van der Waals surface area contributed by atoms with Crippen LogP contribution in [-0.4, -0.2) is 41.2 Å². The van der Waals surface area contributed by atoms with Crippen LogP contribution in [0.3, 0.4) is 0 Å². The highest BCUT2D eigenvalue weighted by molar-refractivity contribution is 7.89. The topological polar surface area (TPSA) is 97.3 Å². The highest BCUT2D eigenvalue weighted by atomic mass is 32.2. The van der Waals surface area contributed by atoms with Crippen LogP contribution < -0.4 is 10.2 Å². The lowest BCUT2D eigenvalue weighted by Gasteiger charge is -2.11. The lowest BCUT2D eigenvalue weighted by atomic mass is 10.0. The van der Waals surface area contributed by atoms with Gasteiger partial charge in [-0.25, -0.2) is 18.4 Å². The third kappa shape index (κ3) is 3.83. The molecule has 33 heavy (non-hydrogen) atoms. The summed E-state index contributed by atoms with van der Waals surface area (Å²) in [6, 6.07) is 12.0. The number of sulfonamides is 1. The number of alkyl halides is 3. The summed E-state index contributed by atoms with van der Waals surface area (Å²) < 4.78 is 67.8. The van der Waals surface area contributed by atoms with Crippen molar-refractivity contribution in [3.63, 3.8) is 0 Å². The lowest BCUT2D eigenvalue weighted by Crippen LogP contribution is -2.24. The number of anilines is 1. The molecule has 1 N–H and O–H groups in total. The summed E-state index contributed by atoms with van der Waals surface area (Å²) >= 11 is 0. The number of nitrogens with one attached hydrogen (secondary N) is 1. The van der Waals surface area contributed by atoms with E-state index in [-0.39, 0.29) is 16.5 Å². The molecule has 0 unspecified atom stereocenters. The number of fused-ring (bicyclic) bond motifs is 2. The number of halogens is 3. The molecule has 0 saturated carbocycles. The van der Waals surface area contributed by atoms with Crippen molar-refractivity contribution in [3.05, 3.63) is 60.9 Å². The van der Waals surface area contributed by atoms with E-state index in [1.807, 2.05) is 0 Å². The first-order valence-corrected chi connectivity index (χ1v) is 10.9. The third-order valence-electron chi connectivity index (χ3n) is 5.01. The minimum absolute atomic E-state index is 0.0211. The van der Waals surface area contributed by atoms with E-state index < -0.39 is 16.4 Å². The van der Waals surface area contributed by atoms with Crippen LogP contribution in [0.4, 0.5) is 19.0 Å². The van der Waals surface area contributed by atoms with E-state index in [0.717, 1.165) is 4.41 Å². The van der Waals surface area contributed by atoms with E-state index >= 15 is 0 Å². The van der Waals surface area contributed by atoms with Gasteiger partial charge in [-0.3, -0.25) is 10.4 Å². The molecular weight excluding hydrogens is 459 g/mol. The highest BCUT2D eigenvalue weighted by Crippen LogP contribution is 2.34. The van der Waals surface area contributed by atoms with Crippen molar-refractivity contribution < 1.29 is 26.3 Å². The Bertz CT molecular complexity index is 1510. The predicted molar refractivity (Wildman–Crippen MR) is 113 cm³/mol. The molecule has 5 rings (SSSR count). The van der Waals surface area contributed by atoms with Crippen LogP contribution in [0.25, 0.3) is 33.4 Å². The van der Waals surface area contributed by atoms with Crippen molar-refractivity contribution in [2.24, 2.45) is 0 Å². The van der Waals surface area contributed by atoms with Crippen LogP contribution in [0, 0.1) is 0 Å². The molecule has 8 nitrogen and oxygen atoms in total.